The minimum absolute atomic E-state index is 0.108. The van der Waals surface area contributed by atoms with Crippen LogP contribution >= 0.6 is 11.6 Å². The van der Waals surface area contributed by atoms with Gasteiger partial charge in [-0.25, -0.2) is 0 Å². The zero-order valence-corrected chi connectivity index (χ0v) is 7.76. The number of amides is 1. The summed E-state index contributed by atoms with van der Waals surface area (Å²) in [5.41, 5.74) is 0. The summed E-state index contributed by atoms with van der Waals surface area (Å²) < 4.78 is 0. The number of halogens is 1. The van der Waals surface area contributed by atoms with Crippen molar-refractivity contribution in [1.82, 2.24) is 4.90 Å². The van der Waals surface area contributed by atoms with Gasteiger partial charge in [-0.05, 0) is 12.8 Å². The van der Waals surface area contributed by atoms with Crippen LogP contribution in [-0.4, -0.2) is 41.0 Å². The Balaban J connectivity index is 2.29. The number of aliphatic hydroxyl groups excluding tert-OH is 1. The van der Waals surface area contributed by atoms with Gasteiger partial charge in [0.1, 0.15) is 0 Å². The van der Waals surface area contributed by atoms with Crippen LogP contribution in [0, 0.1) is 0 Å². The van der Waals surface area contributed by atoms with E-state index in [4.69, 9.17) is 11.6 Å². The molecule has 1 aliphatic heterocycles. The fourth-order valence-electron chi connectivity index (χ4n) is 1.35. The number of carbonyl (C=O) groups excluding carboxylic acids is 1. The molecule has 3 nitrogen and oxygen atoms in total. The first-order valence-corrected chi connectivity index (χ1v) is 4.79. The summed E-state index contributed by atoms with van der Waals surface area (Å²) in [6.45, 7) is 1.35. The molecule has 1 fully saturated rings. The van der Waals surface area contributed by atoms with Crippen LogP contribution in [0.25, 0.3) is 0 Å². The summed E-state index contributed by atoms with van der Waals surface area (Å²) in [5, 5.41) is 9.17. The van der Waals surface area contributed by atoms with E-state index in [1.54, 1.807) is 4.90 Å². The van der Waals surface area contributed by atoms with E-state index in [1.165, 1.54) is 0 Å². The summed E-state index contributed by atoms with van der Waals surface area (Å²) in [5.74, 6) is 0.495. The molecule has 0 saturated carbocycles. The summed E-state index contributed by atoms with van der Waals surface area (Å²) in [4.78, 5) is 13.0. The van der Waals surface area contributed by atoms with E-state index in [9.17, 15) is 9.90 Å². The monoisotopic (exact) mass is 191 g/mol. The van der Waals surface area contributed by atoms with Gasteiger partial charge in [-0.2, -0.15) is 0 Å². The maximum Gasteiger partial charge on any atom is 0.223 e. The molecule has 0 unspecified atom stereocenters. The highest BCUT2D eigenvalue weighted by atomic mass is 35.5. The van der Waals surface area contributed by atoms with Crippen LogP contribution in [0.4, 0.5) is 0 Å². The molecule has 1 heterocycles. The maximum atomic E-state index is 11.3. The van der Waals surface area contributed by atoms with Crippen molar-refractivity contribution in [3.8, 4) is 0 Å². The third kappa shape index (κ3) is 2.64. The van der Waals surface area contributed by atoms with Gasteiger partial charge in [0, 0.05) is 25.4 Å². The van der Waals surface area contributed by atoms with E-state index in [0.29, 0.717) is 38.2 Å². The van der Waals surface area contributed by atoms with Gasteiger partial charge in [0.05, 0.1) is 6.10 Å². The molecular weight excluding hydrogens is 178 g/mol. The van der Waals surface area contributed by atoms with Gasteiger partial charge in [-0.15, -0.1) is 11.6 Å². The van der Waals surface area contributed by atoms with Crippen molar-refractivity contribution in [2.24, 2.45) is 0 Å². The van der Waals surface area contributed by atoms with Crippen LogP contribution in [0.2, 0.25) is 0 Å². The first kappa shape index (κ1) is 9.81. The molecular formula is C8H14ClNO2. The molecule has 1 amide bonds. The van der Waals surface area contributed by atoms with Crippen molar-refractivity contribution in [1.29, 1.82) is 0 Å². The quantitative estimate of drug-likeness (QED) is 0.650. The lowest BCUT2D eigenvalue weighted by molar-refractivity contribution is -0.132. The predicted octanol–water partition coefficient (Wildman–Crippen LogP) is 0.599. The van der Waals surface area contributed by atoms with Crippen LogP contribution in [0.1, 0.15) is 19.3 Å². The van der Waals surface area contributed by atoms with E-state index < -0.39 is 0 Å². The molecule has 0 aromatic rings. The van der Waals surface area contributed by atoms with Crippen LogP contribution in [0.5, 0.6) is 0 Å². The minimum Gasteiger partial charge on any atom is -0.393 e. The first-order valence-electron chi connectivity index (χ1n) is 4.26. The Morgan fingerprint density at radius 2 is 2.08 bits per heavy atom. The van der Waals surface area contributed by atoms with E-state index >= 15 is 0 Å². The van der Waals surface area contributed by atoms with Gasteiger partial charge in [-0.1, -0.05) is 0 Å². The minimum atomic E-state index is -0.218. The SMILES string of the molecule is O=C(CCCl)N1CCC(O)CC1. The molecule has 0 aliphatic carbocycles. The van der Waals surface area contributed by atoms with Gasteiger partial charge in [0.15, 0.2) is 0 Å². The van der Waals surface area contributed by atoms with Gasteiger partial charge < -0.3 is 10.0 Å². The van der Waals surface area contributed by atoms with Gasteiger partial charge in [-0.3, -0.25) is 4.79 Å². The zero-order chi connectivity index (χ0) is 8.97. The number of rotatable bonds is 2. The lowest BCUT2D eigenvalue weighted by Crippen LogP contribution is -2.40. The molecule has 0 bridgehead atoms. The predicted molar refractivity (Wildman–Crippen MR) is 47.2 cm³/mol. The number of hydrogen-bond acceptors (Lipinski definition) is 2. The van der Waals surface area contributed by atoms with Crippen molar-refractivity contribution in [3.63, 3.8) is 0 Å². The number of piperidine rings is 1. The zero-order valence-electron chi connectivity index (χ0n) is 7.00. The molecule has 0 atom stereocenters. The summed E-state index contributed by atoms with van der Waals surface area (Å²) >= 11 is 5.45. The lowest BCUT2D eigenvalue weighted by atomic mass is 10.1. The number of aliphatic hydroxyl groups is 1. The standard InChI is InChI=1S/C8H14ClNO2/c9-4-1-8(12)10-5-2-7(11)3-6-10/h7,11H,1-6H2. The van der Waals surface area contributed by atoms with Gasteiger partial charge in [0.2, 0.25) is 5.91 Å². The van der Waals surface area contributed by atoms with E-state index in [1.807, 2.05) is 0 Å². The molecule has 0 spiro atoms. The van der Waals surface area contributed by atoms with Crippen LogP contribution < -0.4 is 0 Å². The Kier molecular flexibility index (Phi) is 3.82. The van der Waals surface area contributed by atoms with E-state index in [-0.39, 0.29) is 12.0 Å². The van der Waals surface area contributed by atoms with E-state index in [2.05, 4.69) is 0 Å². The number of nitrogens with zero attached hydrogens (tertiary/aromatic N) is 1. The number of alkyl halides is 1. The Morgan fingerprint density at radius 3 is 2.58 bits per heavy atom. The van der Waals surface area contributed by atoms with Crippen molar-refractivity contribution >= 4 is 17.5 Å². The Morgan fingerprint density at radius 1 is 1.50 bits per heavy atom. The molecule has 0 radical (unpaired) electrons. The Labute approximate surface area is 77.3 Å². The molecule has 1 aliphatic rings. The van der Waals surface area contributed by atoms with Crippen LogP contribution in [0.15, 0.2) is 0 Å². The third-order valence-electron chi connectivity index (χ3n) is 2.13. The third-order valence-corrected chi connectivity index (χ3v) is 2.31. The van der Waals surface area contributed by atoms with E-state index in [0.717, 1.165) is 0 Å². The van der Waals surface area contributed by atoms with Crippen molar-refractivity contribution in [3.05, 3.63) is 0 Å². The molecule has 70 valence electrons. The number of likely N-dealkylation sites (tertiary alicyclic amines) is 1. The highest BCUT2D eigenvalue weighted by Gasteiger charge is 2.20. The second-order valence-electron chi connectivity index (χ2n) is 3.05. The summed E-state index contributed by atoms with van der Waals surface area (Å²) in [6.07, 6.45) is 1.60. The summed E-state index contributed by atoms with van der Waals surface area (Å²) in [7, 11) is 0. The Bertz CT molecular complexity index is 155. The Hall–Kier alpha value is -0.280. The molecule has 1 N–H and O–H groups in total. The average molecular weight is 192 g/mol. The highest BCUT2D eigenvalue weighted by molar-refractivity contribution is 6.18. The number of carbonyl (C=O) groups is 1. The topological polar surface area (TPSA) is 40.5 Å². The largest absolute Gasteiger partial charge is 0.393 e. The average Bonchev–Trinajstić information content (AvgIpc) is 2.06. The molecule has 1 saturated heterocycles. The van der Waals surface area contributed by atoms with Crippen molar-refractivity contribution in [2.75, 3.05) is 19.0 Å². The maximum absolute atomic E-state index is 11.3. The van der Waals surface area contributed by atoms with Gasteiger partial charge in [0.25, 0.3) is 0 Å². The second-order valence-corrected chi connectivity index (χ2v) is 3.43. The fraction of sp³-hybridized carbons (Fsp3) is 0.875. The first-order chi connectivity index (χ1) is 5.74. The molecule has 0 aromatic heterocycles. The highest BCUT2D eigenvalue weighted by Crippen LogP contribution is 2.10. The smallest absolute Gasteiger partial charge is 0.223 e. The molecule has 12 heavy (non-hydrogen) atoms. The normalized spacial score (nSPS) is 19.7. The van der Waals surface area contributed by atoms with Crippen LogP contribution in [-0.2, 0) is 4.79 Å². The molecule has 1 rings (SSSR count). The molecule has 0 aromatic carbocycles. The van der Waals surface area contributed by atoms with Crippen molar-refractivity contribution < 1.29 is 9.90 Å². The molecule has 4 heteroatoms. The van der Waals surface area contributed by atoms with Crippen molar-refractivity contribution in [2.45, 2.75) is 25.4 Å². The van der Waals surface area contributed by atoms with Gasteiger partial charge >= 0.3 is 0 Å². The summed E-state index contributed by atoms with van der Waals surface area (Å²) in [6, 6.07) is 0. The second kappa shape index (κ2) is 4.67. The number of hydrogen-bond donors (Lipinski definition) is 1. The fourth-order valence-corrected chi connectivity index (χ4v) is 1.52. The lowest BCUT2D eigenvalue weighted by Gasteiger charge is -2.29. The van der Waals surface area contributed by atoms with Crippen LogP contribution in [0.3, 0.4) is 0 Å².